The molecule has 4 nitrogen and oxygen atoms in total. The normalized spacial score (nSPS) is 23.3. The number of carbonyl (C=O) groups is 1. The molecule has 0 heterocycles. The minimum absolute atomic E-state index is 0.0652. The zero-order valence-corrected chi connectivity index (χ0v) is 16.2. The third-order valence-electron chi connectivity index (χ3n) is 5.60. The van der Waals surface area contributed by atoms with Gasteiger partial charge in [0.05, 0.1) is 12.6 Å². The molecule has 1 N–H and O–H groups in total. The van der Waals surface area contributed by atoms with Crippen LogP contribution in [0, 0.1) is 0 Å². The Kier molecular flexibility index (Phi) is 6.30. The minimum Gasteiger partial charge on any atom is -0.464 e. The largest absolute Gasteiger partial charge is 0.464 e. The van der Waals surface area contributed by atoms with Crippen molar-refractivity contribution in [3.05, 3.63) is 71.8 Å². The first kappa shape index (κ1) is 19.6. The molecule has 1 saturated carbocycles. The Hall–Kier alpha value is -2.17. The van der Waals surface area contributed by atoms with Crippen molar-refractivity contribution in [3.63, 3.8) is 0 Å². The van der Waals surface area contributed by atoms with Crippen LogP contribution in [0.25, 0.3) is 0 Å². The zero-order chi connectivity index (χ0) is 19.3. The van der Waals surface area contributed by atoms with E-state index in [2.05, 4.69) is 36.1 Å². The lowest BCUT2D eigenvalue weighted by Gasteiger charge is -2.40. The number of carbonyl (C=O) groups excluding carboxylic acids is 1. The fourth-order valence-electron chi connectivity index (χ4n) is 4.14. The summed E-state index contributed by atoms with van der Waals surface area (Å²) in [6, 6.07) is 20.3. The Morgan fingerprint density at radius 2 is 1.81 bits per heavy atom. The Labute approximate surface area is 161 Å². The third kappa shape index (κ3) is 4.23. The van der Waals surface area contributed by atoms with E-state index in [9.17, 15) is 9.90 Å². The molecular formula is C23H29NO3. The fraction of sp³-hybridized carbons (Fsp3) is 0.435. The number of esters is 1. The Balaban J connectivity index is 1.94. The van der Waals surface area contributed by atoms with Gasteiger partial charge in [0, 0.05) is 12.6 Å². The van der Waals surface area contributed by atoms with Crippen LogP contribution < -0.4 is 0 Å². The van der Waals surface area contributed by atoms with Gasteiger partial charge < -0.3 is 9.84 Å². The van der Waals surface area contributed by atoms with Crippen LogP contribution in [0.5, 0.6) is 0 Å². The molecule has 0 bridgehead atoms. The standard InChI is InChI=1S/C23H29NO3/c1-3-27-22(25)23(26)16-10-15-21(23)24(17-19-11-6-4-7-12-19)18(2)20-13-8-5-9-14-20/h4-9,11-14,18,21,26H,3,10,15-17H2,1-2H3/t18-,21-,23-/m1/s1. The first-order chi connectivity index (χ1) is 13.1. The van der Waals surface area contributed by atoms with Crippen LogP contribution in [0.3, 0.4) is 0 Å². The number of hydrogen-bond acceptors (Lipinski definition) is 4. The van der Waals surface area contributed by atoms with E-state index in [0.29, 0.717) is 13.0 Å². The fourth-order valence-corrected chi connectivity index (χ4v) is 4.14. The maximum Gasteiger partial charge on any atom is 0.339 e. The molecule has 0 unspecified atom stereocenters. The summed E-state index contributed by atoms with van der Waals surface area (Å²) in [5.41, 5.74) is 0.887. The van der Waals surface area contributed by atoms with Crippen molar-refractivity contribution in [2.24, 2.45) is 0 Å². The van der Waals surface area contributed by atoms with Crippen molar-refractivity contribution < 1.29 is 14.6 Å². The van der Waals surface area contributed by atoms with E-state index in [1.165, 1.54) is 11.1 Å². The smallest absolute Gasteiger partial charge is 0.339 e. The second-order valence-corrected chi connectivity index (χ2v) is 7.30. The van der Waals surface area contributed by atoms with E-state index < -0.39 is 11.6 Å². The number of rotatable bonds is 7. The summed E-state index contributed by atoms with van der Waals surface area (Å²) >= 11 is 0. The van der Waals surface area contributed by atoms with E-state index in [4.69, 9.17) is 4.74 Å². The molecule has 1 fully saturated rings. The molecule has 4 heteroatoms. The summed E-state index contributed by atoms with van der Waals surface area (Å²) in [5, 5.41) is 11.3. The van der Waals surface area contributed by atoms with Gasteiger partial charge >= 0.3 is 5.97 Å². The lowest BCUT2D eigenvalue weighted by atomic mass is 9.93. The van der Waals surface area contributed by atoms with Crippen molar-refractivity contribution in [1.29, 1.82) is 0 Å². The van der Waals surface area contributed by atoms with Gasteiger partial charge in [0.1, 0.15) is 0 Å². The molecule has 0 aliphatic heterocycles. The Morgan fingerprint density at radius 1 is 1.19 bits per heavy atom. The van der Waals surface area contributed by atoms with E-state index in [1.807, 2.05) is 36.4 Å². The lowest BCUT2D eigenvalue weighted by Crippen LogP contribution is -2.55. The predicted molar refractivity (Wildman–Crippen MR) is 106 cm³/mol. The average molecular weight is 367 g/mol. The third-order valence-corrected chi connectivity index (χ3v) is 5.60. The molecule has 0 saturated heterocycles. The van der Waals surface area contributed by atoms with Crippen LogP contribution in [0.2, 0.25) is 0 Å². The van der Waals surface area contributed by atoms with Crippen LogP contribution in [0.4, 0.5) is 0 Å². The van der Waals surface area contributed by atoms with Crippen molar-refractivity contribution >= 4 is 5.97 Å². The molecule has 144 valence electrons. The van der Waals surface area contributed by atoms with Gasteiger partial charge in [0.15, 0.2) is 5.60 Å². The molecule has 27 heavy (non-hydrogen) atoms. The highest BCUT2D eigenvalue weighted by Crippen LogP contribution is 2.39. The molecule has 2 aromatic carbocycles. The summed E-state index contributed by atoms with van der Waals surface area (Å²) in [7, 11) is 0. The lowest BCUT2D eigenvalue weighted by molar-refractivity contribution is -0.171. The van der Waals surface area contributed by atoms with Crippen LogP contribution in [-0.4, -0.2) is 34.2 Å². The van der Waals surface area contributed by atoms with E-state index in [-0.39, 0.29) is 18.7 Å². The summed E-state index contributed by atoms with van der Waals surface area (Å²) in [6.07, 6.45) is 2.04. The van der Waals surface area contributed by atoms with Gasteiger partial charge in [-0.3, -0.25) is 4.90 Å². The van der Waals surface area contributed by atoms with Crippen LogP contribution in [-0.2, 0) is 16.1 Å². The number of nitrogens with zero attached hydrogens (tertiary/aromatic N) is 1. The van der Waals surface area contributed by atoms with Gasteiger partial charge in [0.25, 0.3) is 0 Å². The summed E-state index contributed by atoms with van der Waals surface area (Å²) in [5.74, 6) is -0.495. The van der Waals surface area contributed by atoms with Crippen LogP contribution >= 0.6 is 0 Å². The monoisotopic (exact) mass is 367 g/mol. The molecule has 3 atom stereocenters. The van der Waals surface area contributed by atoms with Crippen molar-refractivity contribution in [2.75, 3.05) is 6.61 Å². The minimum atomic E-state index is -1.45. The van der Waals surface area contributed by atoms with Gasteiger partial charge in [-0.15, -0.1) is 0 Å². The number of ether oxygens (including phenoxy) is 1. The molecule has 2 aromatic rings. The van der Waals surface area contributed by atoms with E-state index in [0.717, 1.165) is 12.8 Å². The summed E-state index contributed by atoms with van der Waals surface area (Å²) < 4.78 is 5.23. The Morgan fingerprint density at radius 3 is 2.44 bits per heavy atom. The zero-order valence-electron chi connectivity index (χ0n) is 16.2. The molecule has 0 amide bonds. The Bertz CT molecular complexity index is 734. The van der Waals surface area contributed by atoms with Gasteiger partial charge in [-0.2, -0.15) is 0 Å². The van der Waals surface area contributed by atoms with E-state index >= 15 is 0 Å². The highest BCUT2D eigenvalue weighted by Gasteiger charge is 2.52. The number of hydrogen-bond donors (Lipinski definition) is 1. The highest BCUT2D eigenvalue weighted by molar-refractivity contribution is 5.80. The molecule has 1 aliphatic carbocycles. The second-order valence-electron chi connectivity index (χ2n) is 7.30. The predicted octanol–water partition coefficient (Wildman–Crippen LogP) is 4.10. The first-order valence-corrected chi connectivity index (χ1v) is 9.80. The second kappa shape index (κ2) is 8.68. The van der Waals surface area contributed by atoms with Gasteiger partial charge in [-0.05, 0) is 44.2 Å². The SMILES string of the molecule is CCOC(=O)[C@@]1(O)CCC[C@H]1N(Cc1ccccc1)[C@H](C)c1ccccc1. The van der Waals surface area contributed by atoms with Crippen molar-refractivity contribution in [3.8, 4) is 0 Å². The van der Waals surface area contributed by atoms with Crippen LogP contribution in [0.1, 0.15) is 50.3 Å². The van der Waals surface area contributed by atoms with Crippen molar-refractivity contribution in [1.82, 2.24) is 4.90 Å². The molecule has 3 rings (SSSR count). The molecular weight excluding hydrogens is 338 g/mol. The molecule has 0 spiro atoms. The maximum atomic E-state index is 12.6. The maximum absolute atomic E-state index is 12.6. The van der Waals surface area contributed by atoms with Gasteiger partial charge in [-0.25, -0.2) is 4.79 Å². The molecule has 0 radical (unpaired) electrons. The summed E-state index contributed by atoms with van der Waals surface area (Å²) in [6.45, 7) is 4.87. The van der Waals surface area contributed by atoms with Gasteiger partial charge in [-0.1, -0.05) is 60.7 Å². The quantitative estimate of drug-likeness (QED) is 0.749. The highest BCUT2D eigenvalue weighted by atomic mass is 16.5. The number of aliphatic hydroxyl groups is 1. The molecule has 1 aliphatic rings. The summed E-state index contributed by atoms with van der Waals surface area (Å²) in [4.78, 5) is 14.9. The first-order valence-electron chi connectivity index (χ1n) is 9.80. The van der Waals surface area contributed by atoms with Gasteiger partial charge in [0.2, 0.25) is 0 Å². The number of benzene rings is 2. The average Bonchev–Trinajstić information content (AvgIpc) is 3.10. The van der Waals surface area contributed by atoms with E-state index in [1.54, 1.807) is 6.92 Å². The van der Waals surface area contributed by atoms with Crippen molar-refractivity contribution in [2.45, 2.75) is 57.3 Å². The van der Waals surface area contributed by atoms with Crippen LogP contribution in [0.15, 0.2) is 60.7 Å². The molecule has 0 aromatic heterocycles. The topological polar surface area (TPSA) is 49.8 Å².